The average molecular weight is 394 g/mol. The Hall–Kier alpha value is -3.28. The number of carbonyl (C=O) groups excluding carboxylic acids is 1. The van der Waals surface area contributed by atoms with Crippen LogP contribution in [0.3, 0.4) is 0 Å². The van der Waals surface area contributed by atoms with Crippen molar-refractivity contribution in [3.63, 3.8) is 0 Å². The number of nitriles is 1. The van der Waals surface area contributed by atoms with Crippen LogP contribution in [0.25, 0.3) is 0 Å². The number of benzene rings is 2. The Balaban J connectivity index is 1.67. The van der Waals surface area contributed by atoms with Crippen LogP contribution >= 0.6 is 0 Å². The first-order chi connectivity index (χ1) is 13.3. The van der Waals surface area contributed by atoms with E-state index in [-0.39, 0.29) is 25.2 Å². The minimum Gasteiger partial charge on any atom is -0.382 e. The summed E-state index contributed by atoms with van der Waals surface area (Å²) in [5.74, 6) is -0.624. The molecule has 0 saturated carbocycles. The van der Waals surface area contributed by atoms with Crippen molar-refractivity contribution in [1.29, 1.82) is 5.26 Å². The number of alkyl halides is 3. The van der Waals surface area contributed by atoms with Gasteiger partial charge in [0.1, 0.15) is 17.4 Å². The third-order valence-electron chi connectivity index (χ3n) is 3.83. The number of halogens is 4. The van der Waals surface area contributed by atoms with Crippen LogP contribution in [0.2, 0.25) is 0 Å². The van der Waals surface area contributed by atoms with Gasteiger partial charge in [0, 0.05) is 19.6 Å². The second kappa shape index (κ2) is 9.60. The summed E-state index contributed by atoms with van der Waals surface area (Å²) in [6.07, 6.45) is -3.98. The lowest BCUT2D eigenvalue weighted by molar-refractivity contribution is -0.137. The van der Waals surface area contributed by atoms with Crippen LogP contribution < -0.4 is 16.0 Å². The maximum absolute atomic E-state index is 13.4. The van der Waals surface area contributed by atoms with Gasteiger partial charge in [-0.2, -0.15) is 18.4 Å². The number of rotatable bonds is 7. The Morgan fingerprint density at radius 3 is 2.32 bits per heavy atom. The molecule has 0 atom stereocenters. The highest BCUT2D eigenvalue weighted by Gasteiger charge is 2.29. The highest BCUT2D eigenvalue weighted by Crippen LogP contribution is 2.29. The zero-order chi connectivity index (χ0) is 20.6. The molecule has 2 aromatic rings. The van der Waals surface area contributed by atoms with Crippen LogP contribution in [-0.2, 0) is 12.6 Å². The lowest BCUT2D eigenvalue weighted by Crippen LogP contribution is -2.38. The SMILES string of the molecule is N#Cc1c(F)cccc1NCCNC(=O)NCCc1ccc(C(F)(F)F)cc1. The summed E-state index contributed by atoms with van der Waals surface area (Å²) in [7, 11) is 0. The summed E-state index contributed by atoms with van der Waals surface area (Å²) in [6.45, 7) is 0.769. The van der Waals surface area contributed by atoms with Gasteiger partial charge in [0.2, 0.25) is 0 Å². The Morgan fingerprint density at radius 1 is 1.00 bits per heavy atom. The van der Waals surface area contributed by atoms with E-state index in [9.17, 15) is 22.4 Å². The summed E-state index contributed by atoms with van der Waals surface area (Å²) < 4.78 is 50.9. The summed E-state index contributed by atoms with van der Waals surface area (Å²) in [5, 5.41) is 17.0. The van der Waals surface area contributed by atoms with Crippen molar-refractivity contribution in [2.45, 2.75) is 12.6 Å². The first-order valence-electron chi connectivity index (χ1n) is 8.41. The predicted octanol–water partition coefficient (Wildman–Crippen LogP) is 3.67. The molecule has 2 amide bonds. The molecule has 9 heteroatoms. The molecule has 3 N–H and O–H groups in total. The smallest absolute Gasteiger partial charge is 0.382 e. The number of amides is 2. The summed E-state index contributed by atoms with van der Waals surface area (Å²) in [5.41, 5.74) is 0.202. The average Bonchev–Trinajstić information content (AvgIpc) is 2.65. The molecule has 0 fully saturated rings. The Kier molecular flexibility index (Phi) is 7.21. The Bertz CT molecular complexity index is 844. The topological polar surface area (TPSA) is 77.0 Å². The van der Waals surface area contributed by atoms with E-state index in [4.69, 9.17) is 5.26 Å². The van der Waals surface area contributed by atoms with E-state index in [1.54, 1.807) is 12.1 Å². The molecule has 0 unspecified atom stereocenters. The third-order valence-corrected chi connectivity index (χ3v) is 3.83. The maximum atomic E-state index is 13.4. The molecule has 0 saturated heterocycles. The van der Waals surface area contributed by atoms with E-state index >= 15 is 0 Å². The van der Waals surface area contributed by atoms with Crippen LogP contribution in [-0.4, -0.2) is 25.7 Å². The molecule has 148 valence electrons. The first kappa shape index (κ1) is 21.0. The highest BCUT2D eigenvalue weighted by atomic mass is 19.4. The predicted molar refractivity (Wildman–Crippen MR) is 96.2 cm³/mol. The van der Waals surface area contributed by atoms with E-state index in [0.717, 1.165) is 12.1 Å². The molecule has 0 heterocycles. The molecule has 0 spiro atoms. The number of urea groups is 1. The minimum atomic E-state index is -4.37. The van der Waals surface area contributed by atoms with Gasteiger partial charge in [-0.25, -0.2) is 9.18 Å². The third kappa shape index (κ3) is 6.16. The van der Waals surface area contributed by atoms with E-state index in [1.807, 2.05) is 0 Å². The summed E-state index contributed by atoms with van der Waals surface area (Å²) in [6, 6.07) is 10.3. The highest BCUT2D eigenvalue weighted by molar-refractivity contribution is 5.73. The van der Waals surface area contributed by atoms with Gasteiger partial charge in [-0.15, -0.1) is 0 Å². The van der Waals surface area contributed by atoms with Gasteiger partial charge in [0.15, 0.2) is 0 Å². The van der Waals surface area contributed by atoms with Crippen molar-refractivity contribution < 1.29 is 22.4 Å². The molecular formula is C19H18F4N4O. The normalized spacial score (nSPS) is 10.8. The van der Waals surface area contributed by atoms with E-state index < -0.39 is 23.6 Å². The van der Waals surface area contributed by atoms with Gasteiger partial charge in [0.25, 0.3) is 0 Å². The molecule has 0 aliphatic heterocycles. The van der Waals surface area contributed by atoms with Gasteiger partial charge in [-0.3, -0.25) is 0 Å². The second-order valence-electron chi connectivity index (χ2n) is 5.83. The summed E-state index contributed by atoms with van der Waals surface area (Å²) >= 11 is 0. The fourth-order valence-corrected chi connectivity index (χ4v) is 2.40. The Labute approximate surface area is 159 Å². The molecule has 2 aromatic carbocycles. The number of hydrogen-bond acceptors (Lipinski definition) is 3. The van der Waals surface area contributed by atoms with Gasteiger partial charge in [0.05, 0.1) is 11.3 Å². The van der Waals surface area contributed by atoms with Crippen molar-refractivity contribution in [3.05, 3.63) is 65.0 Å². The zero-order valence-electron chi connectivity index (χ0n) is 14.7. The van der Waals surface area contributed by atoms with Crippen LogP contribution in [0.5, 0.6) is 0 Å². The quantitative estimate of drug-likeness (QED) is 0.495. The van der Waals surface area contributed by atoms with Gasteiger partial charge >= 0.3 is 12.2 Å². The van der Waals surface area contributed by atoms with Crippen LogP contribution in [0, 0.1) is 17.1 Å². The fourth-order valence-electron chi connectivity index (χ4n) is 2.40. The van der Waals surface area contributed by atoms with Gasteiger partial charge < -0.3 is 16.0 Å². The standard InChI is InChI=1S/C19H18F4N4O/c20-16-2-1-3-17(15(16)12-24)25-10-11-27-18(28)26-9-8-13-4-6-14(7-5-13)19(21,22)23/h1-7,25H,8-11H2,(H2,26,27,28). The number of carbonyl (C=O) groups is 1. The van der Waals surface area contributed by atoms with Crippen molar-refractivity contribution in [2.75, 3.05) is 25.0 Å². The molecule has 0 aliphatic carbocycles. The Morgan fingerprint density at radius 2 is 1.68 bits per heavy atom. The fraction of sp³-hybridized carbons (Fsp3) is 0.263. The van der Waals surface area contributed by atoms with E-state index in [2.05, 4.69) is 16.0 Å². The molecular weight excluding hydrogens is 376 g/mol. The van der Waals surface area contributed by atoms with Crippen molar-refractivity contribution >= 4 is 11.7 Å². The summed E-state index contributed by atoms with van der Waals surface area (Å²) in [4.78, 5) is 11.7. The van der Waals surface area contributed by atoms with E-state index in [1.165, 1.54) is 24.3 Å². The molecule has 28 heavy (non-hydrogen) atoms. The molecule has 5 nitrogen and oxygen atoms in total. The first-order valence-corrected chi connectivity index (χ1v) is 8.41. The number of hydrogen-bond donors (Lipinski definition) is 3. The molecule has 0 aromatic heterocycles. The van der Waals surface area contributed by atoms with Crippen molar-refractivity contribution in [3.8, 4) is 6.07 Å². The largest absolute Gasteiger partial charge is 0.416 e. The minimum absolute atomic E-state index is 0.0940. The number of nitrogens with zero attached hydrogens (tertiary/aromatic N) is 1. The van der Waals surface area contributed by atoms with Crippen molar-refractivity contribution in [1.82, 2.24) is 10.6 Å². The van der Waals surface area contributed by atoms with Crippen LogP contribution in [0.15, 0.2) is 42.5 Å². The van der Waals surface area contributed by atoms with E-state index in [0.29, 0.717) is 17.7 Å². The van der Waals surface area contributed by atoms with Crippen molar-refractivity contribution in [2.24, 2.45) is 0 Å². The zero-order valence-corrected chi connectivity index (χ0v) is 14.7. The lowest BCUT2D eigenvalue weighted by atomic mass is 10.1. The van der Waals surface area contributed by atoms with Crippen LogP contribution in [0.1, 0.15) is 16.7 Å². The molecule has 0 radical (unpaired) electrons. The maximum Gasteiger partial charge on any atom is 0.416 e. The second-order valence-corrected chi connectivity index (χ2v) is 5.83. The van der Waals surface area contributed by atoms with Gasteiger partial charge in [-0.1, -0.05) is 18.2 Å². The van der Waals surface area contributed by atoms with Crippen LogP contribution in [0.4, 0.5) is 28.0 Å². The number of anilines is 1. The number of nitrogens with one attached hydrogen (secondary N) is 3. The van der Waals surface area contributed by atoms with Gasteiger partial charge in [-0.05, 0) is 36.2 Å². The lowest BCUT2D eigenvalue weighted by Gasteiger charge is -2.11. The molecule has 2 rings (SSSR count). The molecule has 0 aliphatic rings. The molecule has 0 bridgehead atoms. The monoisotopic (exact) mass is 394 g/mol.